The minimum atomic E-state index is -0.932. The van der Waals surface area contributed by atoms with Gasteiger partial charge in [0.05, 0.1) is 6.61 Å². The van der Waals surface area contributed by atoms with Crippen molar-refractivity contribution in [1.29, 1.82) is 0 Å². The molecule has 0 spiro atoms. The third-order valence-electron chi connectivity index (χ3n) is 1.96. The average molecular weight is 221 g/mol. The fourth-order valence-corrected chi connectivity index (χ4v) is 1.07. The summed E-state index contributed by atoms with van der Waals surface area (Å²) < 4.78 is 5.29. The van der Waals surface area contributed by atoms with Gasteiger partial charge in [-0.25, -0.2) is 4.79 Å². The molecule has 16 heavy (non-hydrogen) atoms. The average Bonchev–Trinajstić information content (AvgIpc) is 2.28. The number of aliphatic carboxylic acids is 1. The predicted octanol–water partition coefficient (Wildman–Crippen LogP) is 2.49. The van der Waals surface area contributed by atoms with Crippen LogP contribution in [0.2, 0.25) is 0 Å². The van der Waals surface area contributed by atoms with Crippen molar-refractivity contribution in [2.45, 2.75) is 13.8 Å². The molecule has 1 aromatic carbocycles. The number of nitrogens with one attached hydrogen (secondary N) is 1. The van der Waals surface area contributed by atoms with Gasteiger partial charge in [-0.1, -0.05) is 0 Å². The molecule has 0 unspecified atom stereocenters. The number of carboxylic acid groups (broad SMARTS) is 1. The zero-order valence-electron chi connectivity index (χ0n) is 9.36. The molecule has 1 aromatic rings. The van der Waals surface area contributed by atoms with Gasteiger partial charge in [0.1, 0.15) is 5.75 Å². The highest BCUT2D eigenvalue weighted by molar-refractivity contribution is 5.86. The van der Waals surface area contributed by atoms with E-state index in [1.807, 2.05) is 31.2 Å². The van der Waals surface area contributed by atoms with E-state index in [9.17, 15) is 4.79 Å². The summed E-state index contributed by atoms with van der Waals surface area (Å²) in [5.74, 6) is -0.134. The Hall–Kier alpha value is -1.97. The highest BCUT2D eigenvalue weighted by Crippen LogP contribution is 2.15. The fourth-order valence-electron chi connectivity index (χ4n) is 1.07. The lowest BCUT2D eigenvalue weighted by atomic mass is 10.3. The van der Waals surface area contributed by atoms with Crippen LogP contribution in [0.15, 0.2) is 36.0 Å². The van der Waals surface area contributed by atoms with Crippen molar-refractivity contribution in [2.75, 3.05) is 11.9 Å². The van der Waals surface area contributed by atoms with Gasteiger partial charge in [-0.3, -0.25) is 0 Å². The van der Waals surface area contributed by atoms with Crippen LogP contribution in [-0.4, -0.2) is 17.7 Å². The van der Waals surface area contributed by atoms with Crippen molar-refractivity contribution in [3.63, 3.8) is 0 Å². The van der Waals surface area contributed by atoms with Crippen molar-refractivity contribution in [1.82, 2.24) is 0 Å². The number of ether oxygens (including phenoxy) is 1. The highest BCUT2D eigenvalue weighted by atomic mass is 16.5. The summed E-state index contributed by atoms with van der Waals surface area (Å²) in [5.41, 5.74) is 1.08. The smallest absolute Gasteiger partial charge is 0.332 e. The SMILES string of the molecule is CCOc1ccc(NC=C(C)C(=O)O)cc1. The normalized spacial score (nSPS) is 11.0. The molecule has 0 radical (unpaired) electrons. The quantitative estimate of drug-likeness (QED) is 0.750. The number of carboxylic acids is 1. The maximum atomic E-state index is 10.5. The Bertz CT molecular complexity index is 382. The zero-order chi connectivity index (χ0) is 12.0. The molecule has 0 fully saturated rings. The Morgan fingerprint density at radius 3 is 2.56 bits per heavy atom. The van der Waals surface area contributed by atoms with Crippen LogP contribution in [0.25, 0.3) is 0 Å². The lowest BCUT2D eigenvalue weighted by Gasteiger charge is -2.05. The molecule has 1 rings (SSSR count). The number of hydrogen-bond donors (Lipinski definition) is 2. The summed E-state index contributed by atoms with van der Waals surface area (Å²) in [6, 6.07) is 7.32. The molecule has 0 aliphatic rings. The number of anilines is 1. The van der Waals surface area contributed by atoms with Crippen LogP contribution in [-0.2, 0) is 4.79 Å². The largest absolute Gasteiger partial charge is 0.494 e. The van der Waals surface area contributed by atoms with Gasteiger partial charge in [-0.2, -0.15) is 0 Å². The summed E-state index contributed by atoms with van der Waals surface area (Å²) in [6.07, 6.45) is 1.46. The maximum Gasteiger partial charge on any atom is 0.332 e. The van der Waals surface area contributed by atoms with Gasteiger partial charge in [0.25, 0.3) is 0 Å². The molecule has 0 heterocycles. The first-order valence-electron chi connectivity index (χ1n) is 5.03. The molecular formula is C12H15NO3. The van der Waals surface area contributed by atoms with Gasteiger partial charge >= 0.3 is 5.97 Å². The van der Waals surface area contributed by atoms with Crippen LogP contribution in [0.4, 0.5) is 5.69 Å². The third kappa shape index (κ3) is 3.65. The lowest BCUT2D eigenvalue weighted by Crippen LogP contribution is -1.99. The standard InChI is InChI=1S/C12H15NO3/c1-3-16-11-6-4-10(5-7-11)13-8-9(2)12(14)15/h4-8,13H,3H2,1-2H3,(H,14,15). The predicted molar refractivity (Wildman–Crippen MR) is 62.6 cm³/mol. The van der Waals surface area contributed by atoms with Crippen LogP contribution in [0, 0.1) is 0 Å². The third-order valence-corrected chi connectivity index (χ3v) is 1.96. The van der Waals surface area contributed by atoms with Crippen molar-refractivity contribution in [2.24, 2.45) is 0 Å². The molecule has 2 N–H and O–H groups in total. The highest BCUT2D eigenvalue weighted by Gasteiger charge is 1.98. The van der Waals surface area contributed by atoms with E-state index in [4.69, 9.17) is 9.84 Å². The number of benzene rings is 1. The van der Waals surface area contributed by atoms with Gasteiger partial charge in [-0.05, 0) is 38.1 Å². The van der Waals surface area contributed by atoms with Crippen LogP contribution in [0.1, 0.15) is 13.8 Å². The van der Waals surface area contributed by atoms with E-state index in [0.29, 0.717) is 6.61 Å². The van der Waals surface area contributed by atoms with Crippen molar-refractivity contribution in [3.8, 4) is 5.75 Å². The minimum Gasteiger partial charge on any atom is -0.494 e. The summed E-state index contributed by atoms with van der Waals surface area (Å²) >= 11 is 0. The summed E-state index contributed by atoms with van der Waals surface area (Å²) in [7, 11) is 0. The summed E-state index contributed by atoms with van der Waals surface area (Å²) in [5, 5.41) is 11.5. The molecule has 0 amide bonds. The van der Waals surface area contributed by atoms with Gasteiger partial charge in [0.2, 0.25) is 0 Å². The minimum absolute atomic E-state index is 0.258. The molecule has 0 atom stereocenters. The summed E-state index contributed by atoms with van der Waals surface area (Å²) in [4.78, 5) is 10.5. The van der Waals surface area contributed by atoms with E-state index in [2.05, 4.69) is 5.32 Å². The molecule has 0 bridgehead atoms. The number of hydrogen-bond acceptors (Lipinski definition) is 3. The Morgan fingerprint density at radius 2 is 2.06 bits per heavy atom. The molecule has 0 aliphatic carbocycles. The van der Waals surface area contributed by atoms with Gasteiger partial charge in [0.15, 0.2) is 0 Å². The first kappa shape index (κ1) is 12.1. The molecular weight excluding hydrogens is 206 g/mol. The second kappa shape index (κ2) is 5.80. The Kier molecular flexibility index (Phi) is 4.39. The van der Waals surface area contributed by atoms with E-state index >= 15 is 0 Å². The van der Waals surface area contributed by atoms with E-state index < -0.39 is 5.97 Å². The summed E-state index contributed by atoms with van der Waals surface area (Å²) in [6.45, 7) is 4.08. The Balaban J connectivity index is 2.62. The second-order valence-electron chi connectivity index (χ2n) is 3.23. The molecule has 0 saturated heterocycles. The van der Waals surface area contributed by atoms with Crippen LogP contribution in [0.5, 0.6) is 5.75 Å². The maximum absolute atomic E-state index is 10.5. The van der Waals surface area contributed by atoms with Crippen LogP contribution >= 0.6 is 0 Å². The van der Waals surface area contributed by atoms with E-state index in [-0.39, 0.29) is 5.57 Å². The number of carbonyl (C=O) groups is 1. The van der Waals surface area contributed by atoms with Gasteiger partial charge < -0.3 is 15.2 Å². The van der Waals surface area contributed by atoms with Gasteiger partial charge in [-0.15, -0.1) is 0 Å². The van der Waals surface area contributed by atoms with E-state index in [0.717, 1.165) is 11.4 Å². The first-order chi connectivity index (χ1) is 7.63. The van der Waals surface area contributed by atoms with Crippen molar-refractivity contribution < 1.29 is 14.6 Å². The van der Waals surface area contributed by atoms with E-state index in [1.54, 1.807) is 0 Å². The second-order valence-corrected chi connectivity index (χ2v) is 3.23. The van der Waals surface area contributed by atoms with Crippen molar-refractivity contribution >= 4 is 11.7 Å². The molecule has 0 aromatic heterocycles. The molecule has 0 saturated carbocycles. The lowest BCUT2D eigenvalue weighted by molar-refractivity contribution is -0.132. The van der Waals surface area contributed by atoms with E-state index in [1.165, 1.54) is 13.1 Å². The topological polar surface area (TPSA) is 58.6 Å². The fraction of sp³-hybridized carbons (Fsp3) is 0.250. The van der Waals surface area contributed by atoms with Crippen LogP contribution in [0.3, 0.4) is 0 Å². The Morgan fingerprint density at radius 1 is 1.44 bits per heavy atom. The zero-order valence-corrected chi connectivity index (χ0v) is 9.36. The number of rotatable bonds is 5. The Labute approximate surface area is 94.6 Å². The monoisotopic (exact) mass is 221 g/mol. The molecule has 0 aliphatic heterocycles. The molecule has 86 valence electrons. The first-order valence-corrected chi connectivity index (χ1v) is 5.03. The van der Waals surface area contributed by atoms with Crippen molar-refractivity contribution in [3.05, 3.63) is 36.0 Å². The molecule has 4 nitrogen and oxygen atoms in total. The molecule has 4 heteroatoms. The van der Waals surface area contributed by atoms with Gasteiger partial charge in [0, 0.05) is 17.5 Å². The van der Waals surface area contributed by atoms with Crippen LogP contribution < -0.4 is 10.1 Å².